The van der Waals surface area contributed by atoms with Crippen molar-refractivity contribution in [1.82, 2.24) is 0 Å². The Bertz CT molecular complexity index is 605. The molecule has 0 aromatic heterocycles. The van der Waals surface area contributed by atoms with E-state index in [2.05, 4.69) is 0 Å². The van der Waals surface area contributed by atoms with Gasteiger partial charge in [-0.3, -0.25) is 9.59 Å². The largest absolute Gasteiger partial charge is 0.481 e. The third kappa shape index (κ3) is 3.95. The number of ether oxygens (including phenoxy) is 1. The summed E-state index contributed by atoms with van der Waals surface area (Å²) in [5, 5.41) is 8.57. The fourth-order valence-electron chi connectivity index (χ4n) is 1.85. The molecule has 0 aliphatic rings. The summed E-state index contributed by atoms with van der Waals surface area (Å²) in [4.78, 5) is 21.9. The lowest BCUT2D eigenvalue weighted by atomic mass is 10.0. The second-order valence-electron chi connectivity index (χ2n) is 4.31. The van der Waals surface area contributed by atoms with Gasteiger partial charge in [-0.05, 0) is 17.2 Å². The summed E-state index contributed by atoms with van der Waals surface area (Å²) in [7, 11) is 0. The number of hydrogen-bond donors (Lipinski definition) is 1. The lowest BCUT2D eigenvalue weighted by Gasteiger charge is -2.09. The van der Waals surface area contributed by atoms with Gasteiger partial charge in [0.25, 0.3) is 0 Å². The van der Waals surface area contributed by atoms with Crippen molar-refractivity contribution < 1.29 is 19.4 Å². The summed E-state index contributed by atoms with van der Waals surface area (Å²) < 4.78 is 5.11. The summed E-state index contributed by atoms with van der Waals surface area (Å²) in [6.45, 7) is 0. The molecule has 1 N–H and O–H groups in total. The normalized spacial score (nSPS) is 10.0. The van der Waals surface area contributed by atoms with Gasteiger partial charge >= 0.3 is 11.9 Å². The van der Waals surface area contributed by atoms with Crippen molar-refractivity contribution in [3.05, 3.63) is 65.7 Å². The van der Waals surface area contributed by atoms with Gasteiger partial charge in [-0.25, -0.2) is 0 Å². The highest BCUT2D eigenvalue weighted by atomic mass is 16.5. The van der Waals surface area contributed by atoms with Crippen LogP contribution < -0.4 is 4.74 Å². The molecule has 0 saturated carbocycles. The van der Waals surface area contributed by atoms with E-state index in [4.69, 9.17) is 9.84 Å². The first-order chi connectivity index (χ1) is 9.65. The van der Waals surface area contributed by atoms with Crippen molar-refractivity contribution >= 4 is 11.9 Å². The molecular formula is C16H14O4. The number of hydrogen-bond acceptors (Lipinski definition) is 3. The average molecular weight is 270 g/mol. The first-order valence-corrected chi connectivity index (χ1v) is 6.19. The van der Waals surface area contributed by atoms with Crippen LogP contribution in [0, 0.1) is 0 Å². The van der Waals surface area contributed by atoms with Gasteiger partial charge < -0.3 is 9.84 Å². The van der Waals surface area contributed by atoms with Gasteiger partial charge in [0.1, 0.15) is 12.2 Å². The van der Waals surface area contributed by atoms with Gasteiger partial charge in [-0.15, -0.1) is 0 Å². The van der Waals surface area contributed by atoms with E-state index in [1.807, 2.05) is 42.5 Å². The quantitative estimate of drug-likeness (QED) is 0.515. The molecule has 0 aliphatic heterocycles. The molecule has 0 unspecified atom stereocenters. The van der Waals surface area contributed by atoms with E-state index in [9.17, 15) is 9.59 Å². The number of rotatable bonds is 5. The Balaban J connectivity index is 2.14. The van der Waals surface area contributed by atoms with Crippen molar-refractivity contribution in [3.8, 4) is 5.75 Å². The fraction of sp³-hybridized carbons (Fsp3) is 0.125. The molecule has 20 heavy (non-hydrogen) atoms. The van der Waals surface area contributed by atoms with E-state index in [0.717, 1.165) is 11.1 Å². The molecular weight excluding hydrogens is 256 g/mol. The van der Waals surface area contributed by atoms with E-state index < -0.39 is 18.4 Å². The molecule has 0 fully saturated rings. The van der Waals surface area contributed by atoms with Crippen LogP contribution in [-0.2, 0) is 16.0 Å². The zero-order valence-corrected chi connectivity index (χ0v) is 10.8. The minimum Gasteiger partial charge on any atom is -0.481 e. The number of benzene rings is 2. The van der Waals surface area contributed by atoms with Gasteiger partial charge in [-0.2, -0.15) is 0 Å². The van der Waals surface area contributed by atoms with E-state index in [0.29, 0.717) is 12.2 Å². The first-order valence-electron chi connectivity index (χ1n) is 6.19. The molecule has 102 valence electrons. The van der Waals surface area contributed by atoms with E-state index in [1.165, 1.54) is 0 Å². The Morgan fingerprint density at radius 3 is 2.30 bits per heavy atom. The van der Waals surface area contributed by atoms with Gasteiger partial charge in [0, 0.05) is 6.42 Å². The lowest BCUT2D eigenvalue weighted by Crippen LogP contribution is -2.14. The van der Waals surface area contributed by atoms with Crippen LogP contribution in [-0.4, -0.2) is 17.0 Å². The first kappa shape index (κ1) is 13.8. The van der Waals surface area contributed by atoms with Crippen LogP contribution >= 0.6 is 0 Å². The van der Waals surface area contributed by atoms with Crippen molar-refractivity contribution in [1.29, 1.82) is 0 Å². The second kappa shape index (κ2) is 6.52. The van der Waals surface area contributed by atoms with Crippen molar-refractivity contribution in [2.75, 3.05) is 0 Å². The monoisotopic (exact) mass is 270 g/mol. The predicted molar refractivity (Wildman–Crippen MR) is 73.6 cm³/mol. The molecule has 0 saturated heterocycles. The number of aliphatic carboxylic acids is 1. The smallest absolute Gasteiger partial charge is 0.322 e. The number of carboxylic acid groups (broad SMARTS) is 1. The van der Waals surface area contributed by atoms with Crippen molar-refractivity contribution in [3.63, 3.8) is 0 Å². The average Bonchev–Trinajstić information content (AvgIpc) is 2.41. The molecule has 0 heterocycles. The van der Waals surface area contributed by atoms with Gasteiger partial charge in [0.05, 0.1) is 0 Å². The van der Waals surface area contributed by atoms with Crippen molar-refractivity contribution in [2.45, 2.75) is 12.8 Å². The summed E-state index contributed by atoms with van der Waals surface area (Å²) >= 11 is 0. The molecule has 0 amide bonds. The lowest BCUT2D eigenvalue weighted by molar-refractivity contribution is -0.145. The van der Waals surface area contributed by atoms with Gasteiger partial charge in [-0.1, -0.05) is 48.5 Å². The molecule has 0 bridgehead atoms. The molecule has 0 atom stereocenters. The number of para-hydroxylation sites is 1. The van der Waals surface area contributed by atoms with Crippen LogP contribution in [0.15, 0.2) is 54.6 Å². The van der Waals surface area contributed by atoms with Gasteiger partial charge in [0.2, 0.25) is 0 Å². The molecule has 2 rings (SSSR count). The summed E-state index contributed by atoms with van der Waals surface area (Å²) in [6.07, 6.45) is -0.0168. The number of esters is 1. The minimum absolute atomic E-state index is 0.405. The third-order valence-electron chi connectivity index (χ3n) is 2.73. The Morgan fingerprint density at radius 1 is 0.950 bits per heavy atom. The molecule has 4 nitrogen and oxygen atoms in total. The van der Waals surface area contributed by atoms with Crippen LogP contribution in [0.4, 0.5) is 0 Å². The maximum absolute atomic E-state index is 11.4. The topological polar surface area (TPSA) is 63.6 Å². The molecule has 0 radical (unpaired) electrons. The highest BCUT2D eigenvalue weighted by Gasteiger charge is 2.12. The van der Waals surface area contributed by atoms with Crippen LogP contribution in [0.5, 0.6) is 5.75 Å². The Kier molecular flexibility index (Phi) is 4.50. The predicted octanol–water partition coefficient (Wildman–Crippen LogP) is 2.66. The van der Waals surface area contributed by atoms with Crippen LogP contribution in [0.25, 0.3) is 0 Å². The van der Waals surface area contributed by atoms with E-state index >= 15 is 0 Å². The van der Waals surface area contributed by atoms with Crippen LogP contribution in [0.3, 0.4) is 0 Å². The Morgan fingerprint density at radius 2 is 1.60 bits per heavy atom. The highest BCUT2D eigenvalue weighted by Crippen LogP contribution is 2.21. The molecule has 0 aliphatic carbocycles. The van der Waals surface area contributed by atoms with Crippen molar-refractivity contribution in [2.24, 2.45) is 0 Å². The number of carbonyl (C=O) groups is 2. The Labute approximate surface area is 116 Å². The van der Waals surface area contributed by atoms with E-state index in [-0.39, 0.29) is 0 Å². The summed E-state index contributed by atoms with van der Waals surface area (Å²) in [6, 6.07) is 16.9. The number of carbonyl (C=O) groups excluding carboxylic acids is 1. The maximum Gasteiger partial charge on any atom is 0.322 e. The van der Waals surface area contributed by atoms with E-state index in [1.54, 1.807) is 12.1 Å². The second-order valence-corrected chi connectivity index (χ2v) is 4.31. The SMILES string of the molecule is O=C(O)CC(=O)Oc1ccccc1Cc1ccccc1. The Hall–Kier alpha value is -2.62. The van der Waals surface area contributed by atoms with Crippen LogP contribution in [0.1, 0.15) is 17.5 Å². The standard InChI is InChI=1S/C16H14O4/c17-15(18)11-16(19)20-14-9-5-4-8-13(14)10-12-6-2-1-3-7-12/h1-9H,10-11H2,(H,17,18). The minimum atomic E-state index is -1.20. The zero-order chi connectivity index (χ0) is 14.4. The van der Waals surface area contributed by atoms with Crippen LogP contribution in [0.2, 0.25) is 0 Å². The molecule has 4 heteroatoms. The van der Waals surface area contributed by atoms with Gasteiger partial charge in [0.15, 0.2) is 0 Å². The number of carboxylic acids is 1. The fourth-order valence-corrected chi connectivity index (χ4v) is 1.85. The maximum atomic E-state index is 11.4. The zero-order valence-electron chi connectivity index (χ0n) is 10.8. The molecule has 0 spiro atoms. The highest BCUT2D eigenvalue weighted by molar-refractivity contribution is 5.91. The third-order valence-corrected chi connectivity index (χ3v) is 2.73. The molecule has 2 aromatic rings. The summed E-state index contributed by atoms with van der Waals surface area (Å²) in [5.74, 6) is -1.56. The molecule has 2 aromatic carbocycles. The summed E-state index contributed by atoms with van der Waals surface area (Å²) in [5.41, 5.74) is 1.94.